The molecule has 0 bridgehead atoms. The maximum atomic E-state index is 13.5. The van der Waals surface area contributed by atoms with E-state index in [1.165, 1.54) is 35.0 Å². The Morgan fingerprint density at radius 3 is 2.34 bits per heavy atom. The average Bonchev–Trinajstić information content (AvgIpc) is 3.11. The molecule has 1 amide bonds. The number of rotatable bonds is 12. The van der Waals surface area contributed by atoms with E-state index in [1.807, 2.05) is 13.8 Å². The summed E-state index contributed by atoms with van der Waals surface area (Å²) in [7, 11) is 0. The molecule has 0 aliphatic carbocycles. The van der Waals surface area contributed by atoms with Gasteiger partial charge in [0.2, 0.25) is 0 Å². The van der Waals surface area contributed by atoms with Gasteiger partial charge in [0.05, 0.1) is 30.0 Å². The predicted octanol–water partition coefficient (Wildman–Crippen LogP) is 0.627. The molecule has 0 aliphatic rings. The molecule has 0 fully saturated rings. The van der Waals surface area contributed by atoms with Gasteiger partial charge in [-0.2, -0.15) is 5.10 Å². The van der Waals surface area contributed by atoms with E-state index in [0.717, 1.165) is 6.42 Å². The van der Waals surface area contributed by atoms with Crippen molar-refractivity contribution in [2.24, 2.45) is 5.92 Å². The van der Waals surface area contributed by atoms with Crippen molar-refractivity contribution >= 4 is 18.0 Å². The van der Waals surface area contributed by atoms with E-state index < -0.39 is 30.4 Å². The maximum absolute atomic E-state index is 13.5. The minimum absolute atomic E-state index is 0. The van der Waals surface area contributed by atoms with Crippen molar-refractivity contribution in [3.63, 3.8) is 0 Å². The smallest absolute Gasteiger partial charge is 1.00 e. The first-order chi connectivity index (χ1) is 16.0. The number of nitrogens with zero attached hydrogens (tertiary/aromatic N) is 2. The molecule has 0 radical (unpaired) electrons. The summed E-state index contributed by atoms with van der Waals surface area (Å²) in [5.74, 6) is -1.57. The molecular formula is C25H35FN3NaO5. The quantitative estimate of drug-likeness (QED) is 0.318. The summed E-state index contributed by atoms with van der Waals surface area (Å²) in [6.07, 6.45) is 0.881. The van der Waals surface area contributed by atoms with Gasteiger partial charge in [-0.15, -0.1) is 0 Å². The molecule has 188 valence electrons. The number of carboxylic acid groups (broad SMARTS) is 1. The molecule has 1 aromatic heterocycles. The largest absolute Gasteiger partial charge is 1.00 e. The summed E-state index contributed by atoms with van der Waals surface area (Å²) in [5.41, 5.74) is 1.95. The van der Waals surface area contributed by atoms with Crippen molar-refractivity contribution in [2.45, 2.75) is 65.1 Å². The molecule has 10 heteroatoms. The van der Waals surface area contributed by atoms with Crippen LogP contribution in [0.1, 0.15) is 76.0 Å². The van der Waals surface area contributed by atoms with Gasteiger partial charge in [0.25, 0.3) is 5.91 Å². The number of benzene rings is 1. The summed E-state index contributed by atoms with van der Waals surface area (Å²) in [6.45, 7) is 8.47. The van der Waals surface area contributed by atoms with Crippen LogP contribution in [-0.4, -0.2) is 55.7 Å². The SMILES string of the molecule is CC(C)CCNC(=O)c1nn(-c2ccc(F)cc2)c(C=C[C@H](O)C[C@@H](O)CC(=O)O)c1C(C)C.[H-].[Na+]. The van der Waals surface area contributed by atoms with Gasteiger partial charge in [-0.3, -0.25) is 9.59 Å². The van der Waals surface area contributed by atoms with E-state index >= 15 is 0 Å². The molecule has 2 aromatic rings. The van der Waals surface area contributed by atoms with Crippen LogP contribution in [0.25, 0.3) is 11.8 Å². The number of hydrogen-bond donors (Lipinski definition) is 4. The van der Waals surface area contributed by atoms with Crippen LogP contribution >= 0.6 is 0 Å². The van der Waals surface area contributed by atoms with Gasteiger partial charge in [-0.05, 0) is 48.6 Å². The molecule has 0 saturated carbocycles. The van der Waals surface area contributed by atoms with E-state index in [2.05, 4.69) is 24.3 Å². The first-order valence-corrected chi connectivity index (χ1v) is 11.4. The molecule has 35 heavy (non-hydrogen) atoms. The number of carbonyl (C=O) groups excluding carboxylic acids is 1. The van der Waals surface area contributed by atoms with Crippen molar-refractivity contribution in [3.8, 4) is 5.69 Å². The molecule has 0 saturated heterocycles. The number of aliphatic hydroxyl groups excluding tert-OH is 2. The van der Waals surface area contributed by atoms with Crippen LogP contribution in [0, 0.1) is 11.7 Å². The minimum Gasteiger partial charge on any atom is -1.00 e. The number of amides is 1. The zero-order chi connectivity index (χ0) is 25.4. The fourth-order valence-corrected chi connectivity index (χ4v) is 3.52. The topological polar surface area (TPSA) is 125 Å². The van der Waals surface area contributed by atoms with Crippen molar-refractivity contribution in [3.05, 3.63) is 53.1 Å². The number of halogens is 1. The van der Waals surface area contributed by atoms with Gasteiger partial charge < -0.3 is 22.1 Å². The van der Waals surface area contributed by atoms with Crippen LogP contribution in [0.2, 0.25) is 0 Å². The van der Waals surface area contributed by atoms with Gasteiger partial charge in [0.15, 0.2) is 5.69 Å². The summed E-state index contributed by atoms with van der Waals surface area (Å²) >= 11 is 0. The molecule has 2 rings (SSSR count). The maximum Gasteiger partial charge on any atom is 1.00 e. The van der Waals surface area contributed by atoms with Crippen LogP contribution in [0.15, 0.2) is 30.3 Å². The molecule has 1 heterocycles. The second-order valence-corrected chi connectivity index (χ2v) is 9.04. The van der Waals surface area contributed by atoms with E-state index in [0.29, 0.717) is 29.4 Å². The van der Waals surface area contributed by atoms with Crippen LogP contribution in [0.3, 0.4) is 0 Å². The fourth-order valence-electron chi connectivity index (χ4n) is 3.52. The Kier molecular flexibility index (Phi) is 12.8. The Balaban J connectivity index is 0.00000612. The van der Waals surface area contributed by atoms with E-state index in [4.69, 9.17) is 5.11 Å². The molecule has 8 nitrogen and oxygen atoms in total. The third-order valence-electron chi connectivity index (χ3n) is 5.23. The van der Waals surface area contributed by atoms with Crippen molar-refractivity contribution in [1.82, 2.24) is 15.1 Å². The summed E-state index contributed by atoms with van der Waals surface area (Å²) in [5, 5.41) is 36.3. The molecule has 2 atom stereocenters. The third-order valence-corrected chi connectivity index (χ3v) is 5.23. The van der Waals surface area contributed by atoms with E-state index in [-0.39, 0.29) is 54.9 Å². The Bertz CT molecular complexity index is 1010. The molecule has 1 aromatic carbocycles. The number of aromatic nitrogens is 2. The summed E-state index contributed by atoms with van der Waals surface area (Å²) in [6, 6.07) is 5.66. The Morgan fingerprint density at radius 2 is 1.80 bits per heavy atom. The standard InChI is InChI=1S/C25H34FN3O5.Na.H/c1-15(2)11-12-27-25(34)24-23(16(3)4)21(10-9-19(30)13-20(31)14-22(32)33)29(28-24)18-7-5-17(26)6-8-18;;/h5-10,15-16,19-20,30-31H,11-14H2,1-4H3,(H,27,34)(H,32,33);;/q;+1;-1/t19-,20+;;/m0../s1. The number of hydrogen-bond acceptors (Lipinski definition) is 5. The fraction of sp³-hybridized carbons (Fsp3) is 0.480. The third kappa shape index (κ3) is 9.50. The second kappa shape index (κ2) is 14.5. The number of carboxylic acids is 1. The first-order valence-electron chi connectivity index (χ1n) is 11.4. The average molecular weight is 500 g/mol. The number of carbonyl (C=O) groups is 2. The Morgan fingerprint density at radius 1 is 1.17 bits per heavy atom. The molecule has 0 aliphatic heterocycles. The van der Waals surface area contributed by atoms with Crippen LogP contribution in [-0.2, 0) is 4.79 Å². The zero-order valence-corrected chi connectivity index (χ0v) is 23.0. The van der Waals surface area contributed by atoms with Gasteiger partial charge in [-0.1, -0.05) is 33.8 Å². The normalized spacial score (nSPS) is 13.2. The predicted molar refractivity (Wildman–Crippen MR) is 128 cm³/mol. The Labute approximate surface area is 229 Å². The molecule has 0 unspecified atom stereocenters. The monoisotopic (exact) mass is 499 g/mol. The van der Waals surface area contributed by atoms with E-state index in [9.17, 15) is 24.2 Å². The van der Waals surface area contributed by atoms with E-state index in [1.54, 1.807) is 6.08 Å². The van der Waals surface area contributed by atoms with Gasteiger partial charge in [0.1, 0.15) is 5.82 Å². The first kappa shape index (κ1) is 31.0. The number of aliphatic hydroxyl groups is 2. The molecule has 0 spiro atoms. The number of nitrogens with one attached hydrogen (secondary N) is 1. The molecular weight excluding hydrogens is 464 g/mol. The Hall–Kier alpha value is -2.04. The van der Waals surface area contributed by atoms with Crippen molar-refractivity contribution in [2.75, 3.05) is 6.54 Å². The number of aliphatic carboxylic acids is 1. The van der Waals surface area contributed by atoms with Crippen LogP contribution < -0.4 is 34.9 Å². The van der Waals surface area contributed by atoms with Crippen molar-refractivity contribution < 1.29 is 60.3 Å². The van der Waals surface area contributed by atoms with Gasteiger partial charge >= 0.3 is 35.5 Å². The van der Waals surface area contributed by atoms with Crippen molar-refractivity contribution in [1.29, 1.82) is 0 Å². The van der Waals surface area contributed by atoms with Crippen LogP contribution in [0.5, 0.6) is 0 Å². The molecule has 4 N–H and O–H groups in total. The van der Waals surface area contributed by atoms with Gasteiger partial charge in [0, 0.05) is 18.5 Å². The zero-order valence-electron chi connectivity index (χ0n) is 22.0. The second-order valence-electron chi connectivity index (χ2n) is 9.04. The van der Waals surface area contributed by atoms with Crippen LogP contribution in [0.4, 0.5) is 4.39 Å². The van der Waals surface area contributed by atoms with Gasteiger partial charge in [-0.25, -0.2) is 9.07 Å². The summed E-state index contributed by atoms with van der Waals surface area (Å²) in [4.78, 5) is 23.7. The summed E-state index contributed by atoms with van der Waals surface area (Å²) < 4.78 is 15.0. The minimum atomic E-state index is -1.20.